The van der Waals surface area contributed by atoms with Crippen molar-refractivity contribution in [2.24, 2.45) is 5.92 Å². The first-order valence-corrected chi connectivity index (χ1v) is 7.04. The number of rotatable bonds is 5. The van der Waals surface area contributed by atoms with Crippen LogP contribution in [0.1, 0.15) is 13.8 Å². The molecule has 0 aliphatic carbocycles. The van der Waals surface area contributed by atoms with Gasteiger partial charge >= 0.3 is 0 Å². The average molecular weight is 268 g/mol. The van der Waals surface area contributed by atoms with Gasteiger partial charge in [-0.3, -0.25) is 0 Å². The maximum Gasteiger partial charge on any atom is 0.243 e. The molecule has 0 spiro atoms. The van der Waals surface area contributed by atoms with Crippen LogP contribution >= 0.6 is 0 Å². The second-order valence-electron chi connectivity index (χ2n) is 3.98. The quantitative estimate of drug-likeness (QED) is 0.878. The van der Waals surface area contributed by atoms with Crippen LogP contribution in [0.5, 0.6) is 5.75 Å². The molecule has 18 heavy (non-hydrogen) atoms. The summed E-state index contributed by atoms with van der Waals surface area (Å²) in [6.45, 7) is 3.86. The summed E-state index contributed by atoms with van der Waals surface area (Å²) in [6.07, 6.45) is 0. The summed E-state index contributed by atoms with van der Waals surface area (Å²) in [5, 5.41) is 17.9. The molecule has 1 unspecified atom stereocenters. The molecule has 0 aliphatic heterocycles. The number of phenolic OH excluding ortho intramolecular Hbond substituents is 1. The van der Waals surface area contributed by atoms with E-state index in [1.165, 1.54) is 28.6 Å². The van der Waals surface area contributed by atoms with E-state index in [2.05, 4.69) is 0 Å². The Morgan fingerprint density at radius 3 is 2.39 bits per heavy atom. The van der Waals surface area contributed by atoms with Gasteiger partial charge in [-0.1, -0.05) is 6.92 Å². The molecular formula is C12H16N2O3S. The zero-order valence-electron chi connectivity index (χ0n) is 10.4. The topological polar surface area (TPSA) is 81.4 Å². The van der Waals surface area contributed by atoms with E-state index < -0.39 is 10.0 Å². The zero-order chi connectivity index (χ0) is 13.8. The van der Waals surface area contributed by atoms with Crippen LogP contribution in [0.25, 0.3) is 0 Å². The SMILES string of the molecule is CCN(CC(C)C#N)S(=O)(=O)c1ccc(O)cc1. The molecule has 6 heteroatoms. The smallest absolute Gasteiger partial charge is 0.243 e. The Bertz CT molecular complexity index is 531. The van der Waals surface area contributed by atoms with Gasteiger partial charge in [-0.25, -0.2) is 8.42 Å². The first-order valence-electron chi connectivity index (χ1n) is 5.60. The number of sulfonamides is 1. The fourth-order valence-corrected chi connectivity index (χ4v) is 3.05. The Hall–Kier alpha value is -1.58. The molecule has 0 bridgehead atoms. The van der Waals surface area contributed by atoms with Gasteiger partial charge in [0.1, 0.15) is 5.75 Å². The van der Waals surface area contributed by atoms with Crippen molar-refractivity contribution >= 4 is 10.0 Å². The van der Waals surface area contributed by atoms with E-state index in [1.54, 1.807) is 13.8 Å². The van der Waals surface area contributed by atoms with Crippen LogP contribution in [0.3, 0.4) is 0 Å². The average Bonchev–Trinajstić information content (AvgIpc) is 2.35. The largest absolute Gasteiger partial charge is 0.508 e. The normalized spacial score (nSPS) is 13.2. The fourth-order valence-electron chi connectivity index (χ4n) is 1.51. The summed E-state index contributed by atoms with van der Waals surface area (Å²) >= 11 is 0. The van der Waals surface area contributed by atoms with E-state index in [0.717, 1.165) is 0 Å². The molecule has 0 aromatic heterocycles. The molecular weight excluding hydrogens is 252 g/mol. The number of nitriles is 1. The van der Waals surface area contributed by atoms with Crippen LogP contribution in [0.2, 0.25) is 0 Å². The van der Waals surface area contributed by atoms with Crippen molar-refractivity contribution in [2.45, 2.75) is 18.7 Å². The van der Waals surface area contributed by atoms with E-state index in [-0.39, 0.29) is 23.1 Å². The van der Waals surface area contributed by atoms with Gasteiger partial charge in [-0.05, 0) is 31.2 Å². The number of phenols is 1. The van der Waals surface area contributed by atoms with E-state index >= 15 is 0 Å². The third kappa shape index (κ3) is 3.22. The van der Waals surface area contributed by atoms with Gasteiger partial charge in [0.15, 0.2) is 0 Å². The van der Waals surface area contributed by atoms with Gasteiger partial charge in [-0.15, -0.1) is 0 Å². The minimum absolute atomic E-state index is 0.0161. The van der Waals surface area contributed by atoms with Crippen LogP contribution < -0.4 is 0 Å². The molecule has 0 saturated heterocycles. The Labute approximate surface area is 107 Å². The maximum absolute atomic E-state index is 12.3. The lowest BCUT2D eigenvalue weighted by Gasteiger charge is -2.21. The Morgan fingerprint density at radius 2 is 1.94 bits per heavy atom. The number of benzene rings is 1. The van der Waals surface area contributed by atoms with Gasteiger partial charge < -0.3 is 5.11 Å². The van der Waals surface area contributed by atoms with Crippen molar-refractivity contribution in [1.29, 1.82) is 5.26 Å². The molecule has 1 atom stereocenters. The van der Waals surface area contributed by atoms with Crippen molar-refractivity contribution in [3.05, 3.63) is 24.3 Å². The Balaban J connectivity index is 3.04. The van der Waals surface area contributed by atoms with Crippen LogP contribution in [0.15, 0.2) is 29.2 Å². The van der Waals surface area contributed by atoms with Gasteiger partial charge in [0, 0.05) is 13.1 Å². The summed E-state index contributed by atoms with van der Waals surface area (Å²) < 4.78 is 25.8. The van der Waals surface area contributed by atoms with Crippen molar-refractivity contribution in [3.63, 3.8) is 0 Å². The Morgan fingerprint density at radius 1 is 1.39 bits per heavy atom. The van der Waals surface area contributed by atoms with Crippen LogP contribution in [-0.2, 0) is 10.0 Å². The number of aromatic hydroxyl groups is 1. The third-order valence-electron chi connectivity index (χ3n) is 2.53. The second-order valence-corrected chi connectivity index (χ2v) is 5.92. The highest BCUT2D eigenvalue weighted by Gasteiger charge is 2.24. The summed E-state index contributed by atoms with van der Waals surface area (Å²) in [6, 6.07) is 7.38. The highest BCUT2D eigenvalue weighted by molar-refractivity contribution is 7.89. The predicted molar refractivity (Wildman–Crippen MR) is 67.3 cm³/mol. The first-order chi connectivity index (χ1) is 8.41. The lowest BCUT2D eigenvalue weighted by molar-refractivity contribution is 0.399. The Kier molecular flexibility index (Phi) is 4.70. The first kappa shape index (κ1) is 14.5. The predicted octanol–water partition coefficient (Wildman–Crippen LogP) is 1.56. The third-order valence-corrected chi connectivity index (χ3v) is 4.48. The van der Waals surface area contributed by atoms with E-state index in [1.807, 2.05) is 6.07 Å². The maximum atomic E-state index is 12.3. The molecule has 0 radical (unpaired) electrons. The number of nitrogens with zero attached hydrogens (tertiary/aromatic N) is 2. The molecule has 0 aliphatic rings. The van der Waals surface area contributed by atoms with Crippen LogP contribution in [0, 0.1) is 17.2 Å². The lowest BCUT2D eigenvalue weighted by atomic mass is 10.2. The van der Waals surface area contributed by atoms with E-state index in [9.17, 15) is 8.42 Å². The molecule has 0 saturated carbocycles. The highest BCUT2D eigenvalue weighted by Crippen LogP contribution is 2.19. The van der Waals surface area contributed by atoms with Crippen molar-refractivity contribution in [2.75, 3.05) is 13.1 Å². The van der Waals surface area contributed by atoms with Crippen molar-refractivity contribution in [1.82, 2.24) is 4.31 Å². The van der Waals surface area contributed by atoms with Crippen LogP contribution in [0.4, 0.5) is 0 Å². The molecule has 0 heterocycles. The molecule has 0 amide bonds. The molecule has 5 nitrogen and oxygen atoms in total. The van der Waals surface area contributed by atoms with Crippen molar-refractivity contribution < 1.29 is 13.5 Å². The minimum Gasteiger partial charge on any atom is -0.508 e. The monoisotopic (exact) mass is 268 g/mol. The molecule has 1 rings (SSSR count). The summed E-state index contributed by atoms with van der Waals surface area (Å²) in [4.78, 5) is 0.118. The number of hydrogen-bond acceptors (Lipinski definition) is 4. The van der Waals surface area contributed by atoms with Crippen molar-refractivity contribution in [3.8, 4) is 11.8 Å². The zero-order valence-corrected chi connectivity index (χ0v) is 11.2. The summed E-state index contributed by atoms with van der Waals surface area (Å²) in [5.41, 5.74) is 0. The van der Waals surface area contributed by atoms with Gasteiger partial charge in [0.2, 0.25) is 10.0 Å². The molecule has 1 aromatic carbocycles. The van der Waals surface area contributed by atoms with Gasteiger partial charge in [0.25, 0.3) is 0 Å². The molecule has 0 fully saturated rings. The molecule has 1 N–H and O–H groups in total. The van der Waals surface area contributed by atoms with Gasteiger partial charge in [-0.2, -0.15) is 9.57 Å². The van der Waals surface area contributed by atoms with Gasteiger partial charge in [0.05, 0.1) is 16.9 Å². The fraction of sp³-hybridized carbons (Fsp3) is 0.417. The standard InChI is InChI=1S/C12H16N2O3S/c1-3-14(9-10(2)8-13)18(16,17)12-6-4-11(15)5-7-12/h4-7,10,15H,3,9H2,1-2H3. The second kappa shape index (κ2) is 5.85. The molecule has 98 valence electrons. The van der Waals surface area contributed by atoms with E-state index in [0.29, 0.717) is 6.54 Å². The highest BCUT2D eigenvalue weighted by atomic mass is 32.2. The van der Waals surface area contributed by atoms with Crippen LogP contribution in [-0.4, -0.2) is 30.9 Å². The summed E-state index contributed by atoms with van der Waals surface area (Å²) in [5.74, 6) is -0.348. The molecule has 1 aromatic rings. The lowest BCUT2D eigenvalue weighted by Crippen LogP contribution is -2.34. The van der Waals surface area contributed by atoms with E-state index in [4.69, 9.17) is 10.4 Å². The number of hydrogen-bond donors (Lipinski definition) is 1. The minimum atomic E-state index is -3.60. The summed E-state index contributed by atoms with van der Waals surface area (Å²) in [7, 11) is -3.60.